The molecule has 3 heteroatoms. The van der Waals surface area contributed by atoms with Gasteiger partial charge in [-0.2, -0.15) is 0 Å². The molecule has 0 amide bonds. The molecule has 2 N–H and O–H groups in total. The van der Waals surface area contributed by atoms with E-state index in [9.17, 15) is 0 Å². The summed E-state index contributed by atoms with van der Waals surface area (Å²) in [6.45, 7) is 2.43. The molecule has 0 bridgehead atoms. The van der Waals surface area contributed by atoms with Crippen LogP contribution in [0.3, 0.4) is 0 Å². The number of nitrogens with two attached hydrogens (primary N) is 1. The summed E-state index contributed by atoms with van der Waals surface area (Å²) in [7, 11) is 0. The summed E-state index contributed by atoms with van der Waals surface area (Å²) < 4.78 is 5.77. The molecule has 3 rings (SSSR count). The molecule has 1 heterocycles. The van der Waals surface area contributed by atoms with Crippen LogP contribution in [-0.2, 0) is 6.61 Å². The van der Waals surface area contributed by atoms with Crippen LogP contribution in [0.15, 0.2) is 60.7 Å². The van der Waals surface area contributed by atoms with Gasteiger partial charge in [-0.25, -0.2) is 4.98 Å². The summed E-state index contributed by atoms with van der Waals surface area (Å²) in [5.41, 5.74) is 8.85. The lowest BCUT2D eigenvalue weighted by molar-refractivity contribution is 0.301. The highest BCUT2D eigenvalue weighted by molar-refractivity contribution is 5.78. The molecule has 1 atom stereocenters. The van der Waals surface area contributed by atoms with E-state index in [-0.39, 0.29) is 6.04 Å². The first-order valence-electron chi connectivity index (χ1n) is 7.05. The van der Waals surface area contributed by atoms with E-state index in [1.165, 1.54) is 0 Å². The van der Waals surface area contributed by atoms with E-state index in [1.54, 1.807) is 0 Å². The lowest BCUT2D eigenvalue weighted by Gasteiger charge is -2.09. The Bertz CT molecular complexity index is 736. The van der Waals surface area contributed by atoms with Crippen LogP contribution in [0, 0.1) is 0 Å². The van der Waals surface area contributed by atoms with Crippen molar-refractivity contribution in [3.63, 3.8) is 0 Å². The van der Waals surface area contributed by atoms with Crippen molar-refractivity contribution in [3.8, 4) is 5.75 Å². The van der Waals surface area contributed by atoms with E-state index in [4.69, 9.17) is 10.5 Å². The molecule has 0 aliphatic rings. The fraction of sp³-hybridized carbons (Fsp3) is 0.167. The maximum absolute atomic E-state index is 5.83. The molecule has 0 saturated heterocycles. The minimum Gasteiger partial charge on any atom is -0.487 e. The Morgan fingerprint density at radius 3 is 2.52 bits per heavy atom. The SMILES string of the molecule is CC(N)c1ccc(OCc2ccc3ccccc3n2)cc1. The zero-order valence-corrected chi connectivity index (χ0v) is 12.0. The third-order valence-corrected chi connectivity index (χ3v) is 3.45. The molecule has 21 heavy (non-hydrogen) atoms. The minimum atomic E-state index is 0.0428. The molecule has 3 nitrogen and oxygen atoms in total. The molecule has 0 saturated carbocycles. The first kappa shape index (κ1) is 13.6. The second-order valence-electron chi connectivity index (χ2n) is 5.14. The quantitative estimate of drug-likeness (QED) is 0.789. The van der Waals surface area contributed by atoms with Gasteiger partial charge in [-0.15, -0.1) is 0 Å². The van der Waals surface area contributed by atoms with E-state index in [1.807, 2.05) is 55.5 Å². The number of fused-ring (bicyclic) bond motifs is 1. The molecule has 106 valence electrons. The highest BCUT2D eigenvalue weighted by atomic mass is 16.5. The van der Waals surface area contributed by atoms with Gasteiger partial charge in [0.2, 0.25) is 0 Å². The Morgan fingerprint density at radius 2 is 1.76 bits per heavy atom. The Balaban J connectivity index is 1.71. The number of benzene rings is 2. The van der Waals surface area contributed by atoms with Crippen molar-refractivity contribution in [2.45, 2.75) is 19.6 Å². The van der Waals surface area contributed by atoms with Crippen molar-refractivity contribution >= 4 is 10.9 Å². The molecule has 1 aromatic heterocycles. The van der Waals surface area contributed by atoms with Gasteiger partial charge in [-0.1, -0.05) is 36.4 Å². The normalized spacial score (nSPS) is 12.3. The average molecular weight is 278 g/mol. The molecular formula is C18H18N2O. The van der Waals surface area contributed by atoms with Crippen LogP contribution in [0.25, 0.3) is 10.9 Å². The van der Waals surface area contributed by atoms with E-state index < -0.39 is 0 Å². The smallest absolute Gasteiger partial charge is 0.130 e. The van der Waals surface area contributed by atoms with Crippen LogP contribution >= 0.6 is 0 Å². The van der Waals surface area contributed by atoms with Gasteiger partial charge in [-0.3, -0.25) is 0 Å². The van der Waals surface area contributed by atoms with Gasteiger partial charge in [0.1, 0.15) is 12.4 Å². The Hall–Kier alpha value is -2.39. The highest BCUT2D eigenvalue weighted by Gasteiger charge is 2.02. The minimum absolute atomic E-state index is 0.0428. The first-order chi connectivity index (χ1) is 10.2. The summed E-state index contributed by atoms with van der Waals surface area (Å²) >= 11 is 0. The highest BCUT2D eigenvalue weighted by Crippen LogP contribution is 2.18. The average Bonchev–Trinajstić information content (AvgIpc) is 2.53. The predicted octanol–water partition coefficient (Wildman–Crippen LogP) is 3.83. The third-order valence-electron chi connectivity index (χ3n) is 3.45. The van der Waals surface area contributed by atoms with Gasteiger partial charge in [0.15, 0.2) is 0 Å². The number of hydrogen-bond donors (Lipinski definition) is 1. The maximum Gasteiger partial charge on any atom is 0.130 e. The summed E-state index contributed by atoms with van der Waals surface area (Å²) in [4.78, 5) is 4.59. The number of pyridine rings is 1. The van der Waals surface area contributed by atoms with Crippen molar-refractivity contribution in [1.82, 2.24) is 4.98 Å². The zero-order chi connectivity index (χ0) is 14.7. The Morgan fingerprint density at radius 1 is 1.00 bits per heavy atom. The van der Waals surface area contributed by atoms with Crippen LogP contribution in [-0.4, -0.2) is 4.98 Å². The molecule has 0 aliphatic heterocycles. The molecule has 2 aromatic carbocycles. The molecule has 0 aliphatic carbocycles. The molecular weight excluding hydrogens is 260 g/mol. The summed E-state index contributed by atoms with van der Waals surface area (Å²) in [6, 6.07) is 20.1. The fourth-order valence-electron chi connectivity index (χ4n) is 2.21. The Kier molecular flexibility index (Phi) is 3.84. The van der Waals surface area contributed by atoms with Crippen LogP contribution in [0.1, 0.15) is 24.2 Å². The van der Waals surface area contributed by atoms with Crippen molar-refractivity contribution in [1.29, 1.82) is 0 Å². The van der Waals surface area contributed by atoms with E-state index in [0.29, 0.717) is 6.61 Å². The third kappa shape index (κ3) is 3.20. The standard InChI is InChI=1S/C18H18N2O/c1-13(19)14-7-10-17(11-8-14)21-12-16-9-6-15-4-2-3-5-18(15)20-16/h2-11,13H,12,19H2,1H3. The second kappa shape index (κ2) is 5.94. The lowest BCUT2D eigenvalue weighted by atomic mass is 10.1. The largest absolute Gasteiger partial charge is 0.487 e. The fourth-order valence-corrected chi connectivity index (χ4v) is 2.21. The van der Waals surface area contributed by atoms with E-state index >= 15 is 0 Å². The van der Waals surface area contributed by atoms with Gasteiger partial charge >= 0.3 is 0 Å². The first-order valence-corrected chi connectivity index (χ1v) is 7.05. The zero-order valence-electron chi connectivity index (χ0n) is 12.0. The van der Waals surface area contributed by atoms with Crippen LogP contribution in [0.2, 0.25) is 0 Å². The van der Waals surface area contributed by atoms with Gasteiger partial charge in [0.25, 0.3) is 0 Å². The molecule has 0 radical (unpaired) electrons. The van der Waals surface area contributed by atoms with E-state index in [0.717, 1.165) is 27.9 Å². The van der Waals surface area contributed by atoms with Crippen molar-refractivity contribution in [2.24, 2.45) is 5.73 Å². The summed E-state index contributed by atoms with van der Waals surface area (Å²) in [6.07, 6.45) is 0. The number of ether oxygens (including phenoxy) is 1. The molecule has 3 aromatic rings. The van der Waals surface area contributed by atoms with Crippen LogP contribution < -0.4 is 10.5 Å². The van der Waals surface area contributed by atoms with Crippen molar-refractivity contribution in [3.05, 3.63) is 71.9 Å². The number of hydrogen-bond acceptors (Lipinski definition) is 3. The topological polar surface area (TPSA) is 48.1 Å². The van der Waals surface area contributed by atoms with Gasteiger partial charge in [0.05, 0.1) is 11.2 Å². The van der Waals surface area contributed by atoms with Gasteiger partial charge in [0, 0.05) is 11.4 Å². The molecule has 0 fully saturated rings. The molecule has 0 spiro atoms. The number of nitrogens with zero attached hydrogens (tertiary/aromatic N) is 1. The van der Waals surface area contributed by atoms with Crippen molar-refractivity contribution < 1.29 is 4.74 Å². The van der Waals surface area contributed by atoms with Crippen LogP contribution in [0.5, 0.6) is 5.75 Å². The summed E-state index contributed by atoms with van der Waals surface area (Å²) in [5.74, 6) is 0.828. The number of aromatic nitrogens is 1. The second-order valence-corrected chi connectivity index (χ2v) is 5.14. The van der Waals surface area contributed by atoms with Crippen molar-refractivity contribution in [2.75, 3.05) is 0 Å². The van der Waals surface area contributed by atoms with E-state index in [2.05, 4.69) is 17.1 Å². The Labute approximate surface area is 124 Å². The maximum atomic E-state index is 5.83. The predicted molar refractivity (Wildman–Crippen MR) is 85.1 cm³/mol. The molecule has 1 unspecified atom stereocenters. The number of para-hydroxylation sites is 1. The monoisotopic (exact) mass is 278 g/mol. The summed E-state index contributed by atoms with van der Waals surface area (Å²) in [5, 5.41) is 1.14. The number of rotatable bonds is 4. The van der Waals surface area contributed by atoms with Gasteiger partial charge in [-0.05, 0) is 36.8 Å². The van der Waals surface area contributed by atoms with Crippen LogP contribution in [0.4, 0.5) is 0 Å². The lowest BCUT2D eigenvalue weighted by Crippen LogP contribution is -2.04. The van der Waals surface area contributed by atoms with Gasteiger partial charge < -0.3 is 10.5 Å².